The maximum Gasteiger partial charge on any atom is 0.341 e. The second-order valence-electron chi connectivity index (χ2n) is 8.27. The van der Waals surface area contributed by atoms with Crippen LogP contribution in [-0.4, -0.2) is 25.1 Å². The van der Waals surface area contributed by atoms with Crippen LogP contribution in [0.2, 0.25) is 0 Å². The molecule has 0 unspecified atom stereocenters. The summed E-state index contributed by atoms with van der Waals surface area (Å²) in [6.07, 6.45) is 3.53. The van der Waals surface area contributed by atoms with Crippen LogP contribution in [0, 0.1) is 25.2 Å². The van der Waals surface area contributed by atoms with Gasteiger partial charge in [0.2, 0.25) is 0 Å². The molecule has 3 rings (SSSR count). The predicted octanol–water partition coefficient (Wildman–Crippen LogP) is 6.93. The topological polar surface area (TPSA) is 88.4 Å². The largest absolute Gasteiger partial charge is 0.494 e. The van der Waals surface area contributed by atoms with Crippen LogP contribution < -0.4 is 10.1 Å². The van der Waals surface area contributed by atoms with Crippen molar-refractivity contribution in [2.75, 3.05) is 18.5 Å². The normalized spacial score (nSPS) is 11.0. The molecule has 3 aromatic rings. The van der Waals surface area contributed by atoms with Gasteiger partial charge in [0, 0.05) is 10.9 Å². The number of hydrogen-bond donors (Lipinski definition) is 1. The van der Waals surface area contributed by atoms with Crippen molar-refractivity contribution in [3.05, 3.63) is 75.7 Å². The second kappa shape index (κ2) is 12.7. The summed E-state index contributed by atoms with van der Waals surface area (Å²) in [7, 11) is 0. The van der Waals surface area contributed by atoms with E-state index >= 15 is 0 Å². The van der Waals surface area contributed by atoms with Gasteiger partial charge in [-0.1, -0.05) is 43.7 Å². The summed E-state index contributed by atoms with van der Waals surface area (Å²) in [6, 6.07) is 15.1. The van der Waals surface area contributed by atoms with Crippen LogP contribution in [0.3, 0.4) is 0 Å². The van der Waals surface area contributed by atoms with Gasteiger partial charge in [0.25, 0.3) is 5.91 Å². The maximum atomic E-state index is 13.0. The molecule has 0 radical (unpaired) electrons. The van der Waals surface area contributed by atoms with Gasteiger partial charge < -0.3 is 14.8 Å². The number of anilines is 1. The molecule has 0 aliphatic heterocycles. The third-order valence-electron chi connectivity index (χ3n) is 5.64. The summed E-state index contributed by atoms with van der Waals surface area (Å²) in [6.45, 7) is 8.71. The Morgan fingerprint density at radius 3 is 2.47 bits per heavy atom. The van der Waals surface area contributed by atoms with Crippen molar-refractivity contribution < 1.29 is 19.1 Å². The molecular formula is C29H30N2O4S. The van der Waals surface area contributed by atoms with Crippen LogP contribution in [0.1, 0.15) is 53.7 Å². The molecule has 0 bridgehead atoms. The fraction of sp³-hybridized carbons (Fsp3) is 0.276. The van der Waals surface area contributed by atoms with Crippen LogP contribution in [-0.2, 0) is 9.53 Å². The van der Waals surface area contributed by atoms with Gasteiger partial charge in [-0.2, -0.15) is 5.26 Å². The minimum atomic E-state index is -0.597. The van der Waals surface area contributed by atoms with E-state index in [4.69, 9.17) is 9.47 Å². The van der Waals surface area contributed by atoms with Crippen molar-refractivity contribution in [1.29, 1.82) is 5.26 Å². The standard InChI is InChI=1S/C29H30N2O4S/c1-5-7-14-35-24-12-9-21(10-13-24)16-23(17-30)27(32)31-28-26(29(33)34-6-2)25(18-36-28)22-11-8-19(3)20(4)15-22/h8-13,15-16,18H,5-7,14H2,1-4H3,(H,31,32). The van der Waals surface area contributed by atoms with Gasteiger partial charge in [-0.25, -0.2) is 4.79 Å². The van der Waals surface area contributed by atoms with E-state index in [9.17, 15) is 14.9 Å². The fourth-order valence-electron chi connectivity index (χ4n) is 3.46. The number of hydrogen-bond acceptors (Lipinski definition) is 6. The second-order valence-corrected chi connectivity index (χ2v) is 9.15. The minimum Gasteiger partial charge on any atom is -0.494 e. The number of nitriles is 1. The minimum absolute atomic E-state index is 0.0782. The smallest absolute Gasteiger partial charge is 0.341 e. The lowest BCUT2D eigenvalue weighted by molar-refractivity contribution is -0.112. The Morgan fingerprint density at radius 2 is 1.83 bits per heavy atom. The van der Waals surface area contributed by atoms with Crippen LogP contribution in [0.5, 0.6) is 5.75 Å². The Kier molecular flexibility index (Phi) is 9.43. The first-order valence-corrected chi connectivity index (χ1v) is 12.8. The quantitative estimate of drug-likeness (QED) is 0.140. The molecule has 0 atom stereocenters. The summed E-state index contributed by atoms with van der Waals surface area (Å²) in [5.74, 6) is -0.386. The number of amides is 1. The summed E-state index contributed by atoms with van der Waals surface area (Å²) >= 11 is 1.22. The first kappa shape index (κ1) is 26.7. The Labute approximate surface area is 216 Å². The van der Waals surface area contributed by atoms with Crippen LogP contribution >= 0.6 is 11.3 Å². The third kappa shape index (κ3) is 6.61. The van der Waals surface area contributed by atoms with E-state index in [1.54, 1.807) is 19.1 Å². The SMILES string of the molecule is CCCCOc1ccc(C=C(C#N)C(=O)Nc2scc(-c3ccc(C)c(C)c3)c2C(=O)OCC)cc1. The highest BCUT2D eigenvalue weighted by Gasteiger charge is 2.24. The average Bonchev–Trinajstić information content (AvgIpc) is 3.28. The first-order valence-electron chi connectivity index (χ1n) is 11.9. The number of nitrogens with zero attached hydrogens (tertiary/aromatic N) is 1. The summed E-state index contributed by atoms with van der Waals surface area (Å²) in [5.41, 5.74) is 4.67. The van der Waals surface area contributed by atoms with Gasteiger partial charge in [0.15, 0.2) is 0 Å². The number of thiophene rings is 1. The molecule has 6 nitrogen and oxygen atoms in total. The molecule has 1 heterocycles. The van der Waals surface area contributed by atoms with Crippen molar-refractivity contribution in [3.63, 3.8) is 0 Å². The monoisotopic (exact) mass is 502 g/mol. The number of carbonyl (C=O) groups is 2. The Balaban J connectivity index is 1.86. The highest BCUT2D eigenvalue weighted by Crippen LogP contribution is 2.37. The number of esters is 1. The van der Waals surface area contributed by atoms with Gasteiger partial charge >= 0.3 is 5.97 Å². The number of nitrogens with one attached hydrogen (secondary N) is 1. The van der Waals surface area contributed by atoms with Crippen LogP contribution in [0.25, 0.3) is 17.2 Å². The number of benzene rings is 2. The molecule has 7 heteroatoms. The number of ether oxygens (including phenoxy) is 2. The molecule has 0 saturated heterocycles. The van der Waals surface area contributed by atoms with E-state index in [-0.39, 0.29) is 17.7 Å². The maximum absolute atomic E-state index is 13.0. The summed E-state index contributed by atoms with van der Waals surface area (Å²) in [4.78, 5) is 25.8. The van der Waals surface area contributed by atoms with Crippen molar-refractivity contribution in [3.8, 4) is 22.9 Å². The van der Waals surface area contributed by atoms with Crippen molar-refractivity contribution in [1.82, 2.24) is 0 Å². The van der Waals surface area contributed by atoms with Gasteiger partial charge in [-0.15, -0.1) is 11.3 Å². The molecule has 0 aliphatic carbocycles. The molecule has 186 valence electrons. The van der Waals surface area contributed by atoms with Gasteiger partial charge in [0.1, 0.15) is 28.0 Å². The number of aryl methyl sites for hydroxylation is 2. The highest BCUT2D eigenvalue weighted by molar-refractivity contribution is 7.15. The number of unbranched alkanes of at least 4 members (excludes halogenated alkanes) is 1. The van der Waals surface area contributed by atoms with Gasteiger partial charge in [-0.3, -0.25) is 4.79 Å². The zero-order valence-electron chi connectivity index (χ0n) is 21.0. The summed E-state index contributed by atoms with van der Waals surface area (Å²) < 4.78 is 10.9. The van der Waals surface area contributed by atoms with E-state index in [1.165, 1.54) is 17.4 Å². The lowest BCUT2D eigenvalue weighted by atomic mass is 9.99. The Morgan fingerprint density at radius 1 is 1.08 bits per heavy atom. The van der Waals surface area contributed by atoms with E-state index < -0.39 is 11.9 Å². The van der Waals surface area contributed by atoms with Crippen LogP contribution in [0.15, 0.2) is 53.4 Å². The number of carbonyl (C=O) groups excluding carboxylic acids is 2. The lowest BCUT2D eigenvalue weighted by Crippen LogP contribution is -2.16. The van der Waals surface area contributed by atoms with Gasteiger partial charge in [0.05, 0.1) is 13.2 Å². The van der Waals surface area contributed by atoms with E-state index in [1.807, 2.05) is 55.6 Å². The molecular weight excluding hydrogens is 472 g/mol. The van der Waals surface area contributed by atoms with Crippen molar-refractivity contribution >= 4 is 34.3 Å². The average molecular weight is 503 g/mol. The molecule has 36 heavy (non-hydrogen) atoms. The molecule has 0 aliphatic rings. The van der Waals surface area contributed by atoms with Crippen LogP contribution in [0.4, 0.5) is 5.00 Å². The highest BCUT2D eigenvalue weighted by atomic mass is 32.1. The van der Waals surface area contributed by atoms with E-state index in [0.29, 0.717) is 22.7 Å². The van der Waals surface area contributed by atoms with E-state index in [2.05, 4.69) is 12.2 Å². The first-order chi connectivity index (χ1) is 17.4. The zero-order chi connectivity index (χ0) is 26.1. The zero-order valence-corrected chi connectivity index (χ0v) is 21.8. The molecule has 1 aromatic heterocycles. The molecule has 0 spiro atoms. The molecule has 0 fully saturated rings. The van der Waals surface area contributed by atoms with E-state index in [0.717, 1.165) is 35.3 Å². The Bertz CT molecular complexity index is 1300. The summed E-state index contributed by atoms with van der Waals surface area (Å²) in [5, 5.41) is 14.5. The Hall–Kier alpha value is -3.89. The predicted molar refractivity (Wildman–Crippen MR) is 144 cm³/mol. The third-order valence-corrected chi connectivity index (χ3v) is 6.53. The lowest BCUT2D eigenvalue weighted by Gasteiger charge is -2.10. The van der Waals surface area contributed by atoms with Crippen molar-refractivity contribution in [2.24, 2.45) is 0 Å². The molecule has 1 amide bonds. The van der Waals surface area contributed by atoms with Crippen molar-refractivity contribution in [2.45, 2.75) is 40.5 Å². The fourth-order valence-corrected chi connectivity index (χ4v) is 4.41. The van der Waals surface area contributed by atoms with Gasteiger partial charge in [-0.05, 0) is 67.7 Å². The molecule has 2 aromatic carbocycles. The number of rotatable bonds is 10. The molecule has 1 N–H and O–H groups in total. The molecule has 0 saturated carbocycles.